The molecule has 2 aromatic carbocycles. The van der Waals surface area contributed by atoms with Gasteiger partial charge in [-0.2, -0.15) is 0 Å². The first-order valence-corrected chi connectivity index (χ1v) is 7.77. The molecule has 0 bridgehead atoms. The molecule has 0 unspecified atom stereocenters. The molecule has 0 saturated heterocycles. The molecule has 0 radical (unpaired) electrons. The Kier molecular flexibility index (Phi) is 4.27. The summed E-state index contributed by atoms with van der Waals surface area (Å²) in [5.41, 5.74) is 2.78. The smallest absolute Gasteiger partial charge is 0.272 e. The molecule has 0 aliphatic carbocycles. The Morgan fingerprint density at radius 3 is 2.60 bits per heavy atom. The van der Waals surface area contributed by atoms with E-state index in [9.17, 15) is 14.0 Å². The van der Waals surface area contributed by atoms with Crippen LogP contribution in [0, 0.1) is 12.7 Å². The molecule has 3 rings (SSSR count). The average molecular weight is 339 g/mol. The molecular formula is C19H18FN3O2. The Bertz CT molecular complexity index is 976. The summed E-state index contributed by atoms with van der Waals surface area (Å²) in [4.78, 5) is 29.1. The maximum atomic E-state index is 13.3. The van der Waals surface area contributed by atoms with Crippen molar-refractivity contribution in [2.24, 2.45) is 0 Å². The van der Waals surface area contributed by atoms with Crippen LogP contribution in [-0.2, 0) is 0 Å². The van der Waals surface area contributed by atoms with Crippen LogP contribution in [0.25, 0.3) is 10.9 Å². The first-order chi connectivity index (χ1) is 11.9. The van der Waals surface area contributed by atoms with Crippen LogP contribution >= 0.6 is 0 Å². The first-order valence-electron chi connectivity index (χ1n) is 7.77. The van der Waals surface area contributed by atoms with Gasteiger partial charge < -0.3 is 15.2 Å². The molecule has 0 atom stereocenters. The Hall–Kier alpha value is -3.15. The van der Waals surface area contributed by atoms with Crippen LogP contribution in [0.1, 0.15) is 26.4 Å². The molecule has 3 aromatic rings. The molecule has 1 aromatic heterocycles. The lowest BCUT2D eigenvalue weighted by Crippen LogP contribution is -2.23. The van der Waals surface area contributed by atoms with Gasteiger partial charge in [-0.3, -0.25) is 9.59 Å². The fourth-order valence-electron chi connectivity index (χ4n) is 2.66. The minimum atomic E-state index is -0.357. The van der Waals surface area contributed by atoms with Gasteiger partial charge in [-0.1, -0.05) is 6.07 Å². The molecular weight excluding hydrogens is 321 g/mol. The highest BCUT2D eigenvalue weighted by atomic mass is 19.1. The number of carbonyl (C=O) groups excluding carboxylic acids is 2. The van der Waals surface area contributed by atoms with E-state index in [1.165, 1.54) is 17.0 Å². The van der Waals surface area contributed by atoms with E-state index >= 15 is 0 Å². The molecule has 2 amide bonds. The van der Waals surface area contributed by atoms with Crippen molar-refractivity contribution in [1.82, 2.24) is 9.88 Å². The number of fused-ring (bicyclic) bond motifs is 1. The fourth-order valence-corrected chi connectivity index (χ4v) is 2.66. The van der Waals surface area contributed by atoms with Gasteiger partial charge in [0.2, 0.25) is 0 Å². The lowest BCUT2D eigenvalue weighted by Gasteiger charge is -2.15. The molecule has 1 heterocycles. The third-order valence-corrected chi connectivity index (χ3v) is 4.05. The summed E-state index contributed by atoms with van der Waals surface area (Å²) in [6.07, 6.45) is 0. The van der Waals surface area contributed by atoms with Gasteiger partial charge in [0.15, 0.2) is 0 Å². The summed E-state index contributed by atoms with van der Waals surface area (Å²) < 4.78 is 13.3. The fraction of sp³-hybridized carbons (Fsp3) is 0.158. The zero-order valence-corrected chi connectivity index (χ0v) is 14.2. The summed E-state index contributed by atoms with van der Waals surface area (Å²) in [5.74, 6) is -0.840. The Labute approximate surface area is 144 Å². The highest BCUT2D eigenvalue weighted by Gasteiger charge is 2.16. The third kappa shape index (κ3) is 3.24. The van der Waals surface area contributed by atoms with E-state index in [2.05, 4.69) is 10.3 Å². The number of hydrogen-bond acceptors (Lipinski definition) is 2. The summed E-state index contributed by atoms with van der Waals surface area (Å²) >= 11 is 0. The number of nitrogens with zero attached hydrogens (tertiary/aromatic N) is 1. The van der Waals surface area contributed by atoms with Crippen LogP contribution in [0.2, 0.25) is 0 Å². The van der Waals surface area contributed by atoms with Crippen molar-refractivity contribution < 1.29 is 14.0 Å². The van der Waals surface area contributed by atoms with Gasteiger partial charge in [-0.25, -0.2) is 4.39 Å². The van der Waals surface area contributed by atoms with E-state index < -0.39 is 0 Å². The third-order valence-electron chi connectivity index (χ3n) is 4.05. The van der Waals surface area contributed by atoms with Crippen LogP contribution < -0.4 is 5.32 Å². The zero-order valence-electron chi connectivity index (χ0n) is 14.2. The van der Waals surface area contributed by atoms with Gasteiger partial charge in [0, 0.05) is 36.2 Å². The maximum Gasteiger partial charge on any atom is 0.272 e. The van der Waals surface area contributed by atoms with E-state index in [1.807, 2.05) is 0 Å². The lowest BCUT2D eigenvalue weighted by atomic mass is 10.1. The van der Waals surface area contributed by atoms with Crippen LogP contribution in [-0.4, -0.2) is 35.8 Å². The van der Waals surface area contributed by atoms with Gasteiger partial charge in [-0.05, 0) is 48.9 Å². The van der Waals surface area contributed by atoms with Gasteiger partial charge in [0.25, 0.3) is 11.8 Å². The number of halogens is 1. The SMILES string of the molecule is Cc1c(NC(=O)c2cc3cc(F)ccc3[nH]2)cccc1C(=O)N(C)C. The molecule has 2 N–H and O–H groups in total. The van der Waals surface area contributed by atoms with Crippen molar-refractivity contribution in [3.8, 4) is 0 Å². The Morgan fingerprint density at radius 1 is 1.12 bits per heavy atom. The molecule has 0 fully saturated rings. The zero-order chi connectivity index (χ0) is 18.1. The van der Waals surface area contributed by atoms with Crippen molar-refractivity contribution in [2.75, 3.05) is 19.4 Å². The van der Waals surface area contributed by atoms with Gasteiger partial charge in [0.1, 0.15) is 11.5 Å². The number of carbonyl (C=O) groups is 2. The summed E-state index contributed by atoms with van der Waals surface area (Å²) in [6, 6.07) is 11.1. The topological polar surface area (TPSA) is 65.2 Å². The predicted molar refractivity (Wildman–Crippen MR) is 95.4 cm³/mol. The molecule has 128 valence electrons. The lowest BCUT2D eigenvalue weighted by molar-refractivity contribution is 0.0826. The van der Waals surface area contributed by atoms with Crippen molar-refractivity contribution >= 4 is 28.4 Å². The Morgan fingerprint density at radius 2 is 1.88 bits per heavy atom. The molecule has 5 nitrogen and oxygen atoms in total. The first kappa shape index (κ1) is 16.7. The van der Waals surface area contributed by atoms with E-state index in [0.717, 1.165) is 0 Å². The summed E-state index contributed by atoms with van der Waals surface area (Å²) in [6.45, 7) is 1.78. The molecule has 0 aliphatic rings. The second-order valence-corrected chi connectivity index (χ2v) is 6.05. The summed E-state index contributed by atoms with van der Waals surface area (Å²) in [7, 11) is 3.35. The number of anilines is 1. The molecule has 0 saturated carbocycles. The van der Waals surface area contributed by atoms with Crippen LogP contribution in [0.15, 0.2) is 42.5 Å². The monoisotopic (exact) mass is 339 g/mol. The normalized spacial score (nSPS) is 10.7. The summed E-state index contributed by atoms with van der Waals surface area (Å²) in [5, 5.41) is 3.43. The highest BCUT2D eigenvalue weighted by molar-refractivity contribution is 6.07. The van der Waals surface area contributed by atoms with Crippen molar-refractivity contribution in [1.29, 1.82) is 0 Å². The molecule has 6 heteroatoms. The van der Waals surface area contributed by atoms with Gasteiger partial charge in [-0.15, -0.1) is 0 Å². The van der Waals surface area contributed by atoms with Gasteiger partial charge in [0.05, 0.1) is 0 Å². The van der Waals surface area contributed by atoms with Crippen molar-refractivity contribution in [3.63, 3.8) is 0 Å². The number of aromatic nitrogens is 1. The van der Waals surface area contributed by atoms with Crippen molar-refractivity contribution in [3.05, 3.63) is 65.1 Å². The van der Waals surface area contributed by atoms with E-state index in [4.69, 9.17) is 0 Å². The average Bonchev–Trinajstić information content (AvgIpc) is 2.99. The number of hydrogen-bond donors (Lipinski definition) is 2. The Balaban J connectivity index is 1.89. The number of amides is 2. The second-order valence-electron chi connectivity index (χ2n) is 6.05. The van der Waals surface area contributed by atoms with Crippen LogP contribution in [0.5, 0.6) is 0 Å². The number of H-pyrrole nitrogens is 1. The minimum Gasteiger partial charge on any atom is -0.351 e. The largest absolute Gasteiger partial charge is 0.351 e. The number of rotatable bonds is 3. The minimum absolute atomic E-state index is 0.130. The van der Waals surface area contributed by atoms with E-state index in [-0.39, 0.29) is 17.6 Å². The number of aromatic amines is 1. The predicted octanol–water partition coefficient (Wildman–Crippen LogP) is 3.57. The number of benzene rings is 2. The van der Waals surface area contributed by atoms with Crippen LogP contribution in [0.4, 0.5) is 10.1 Å². The number of nitrogens with one attached hydrogen (secondary N) is 2. The molecule has 0 spiro atoms. The standard InChI is InChI=1S/C19H18FN3O2/c1-11-14(19(25)23(2)3)5-4-6-15(11)22-18(24)17-10-12-9-13(20)7-8-16(12)21-17/h4-10,21H,1-3H3,(H,22,24). The molecule has 25 heavy (non-hydrogen) atoms. The van der Waals surface area contributed by atoms with Crippen LogP contribution in [0.3, 0.4) is 0 Å². The highest BCUT2D eigenvalue weighted by Crippen LogP contribution is 2.22. The van der Waals surface area contributed by atoms with Crippen molar-refractivity contribution in [2.45, 2.75) is 6.92 Å². The molecule has 0 aliphatic heterocycles. The van der Waals surface area contributed by atoms with Gasteiger partial charge >= 0.3 is 0 Å². The second kappa shape index (κ2) is 6.39. The van der Waals surface area contributed by atoms with E-state index in [1.54, 1.807) is 51.4 Å². The van der Waals surface area contributed by atoms with E-state index in [0.29, 0.717) is 33.4 Å². The quantitative estimate of drug-likeness (QED) is 0.766. The maximum absolute atomic E-state index is 13.3.